The van der Waals surface area contributed by atoms with Crippen LogP contribution in [-0.4, -0.2) is 5.88 Å². The smallest absolute Gasteiger partial charge is 0.0991 e. The van der Waals surface area contributed by atoms with Crippen LogP contribution in [0.5, 0.6) is 0 Å². The van der Waals surface area contributed by atoms with Crippen LogP contribution in [0.25, 0.3) is 0 Å². The number of hydrogen-bond acceptors (Lipinski definition) is 1. The highest BCUT2D eigenvalue weighted by Gasteiger charge is 1.88. The van der Waals surface area contributed by atoms with E-state index in [0.717, 1.165) is 18.4 Å². The van der Waals surface area contributed by atoms with Crippen LogP contribution < -0.4 is 0 Å². The van der Waals surface area contributed by atoms with Crippen molar-refractivity contribution in [2.45, 2.75) is 12.8 Å². The van der Waals surface area contributed by atoms with E-state index in [2.05, 4.69) is 17.9 Å². The summed E-state index contributed by atoms with van der Waals surface area (Å²) in [7, 11) is 0. The Labute approximate surface area is 89.3 Å². The van der Waals surface area contributed by atoms with Crippen molar-refractivity contribution in [1.82, 2.24) is 0 Å². The molecule has 0 aliphatic carbocycles. The van der Waals surface area contributed by atoms with Gasteiger partial charge in [-0.2, -0.15) is 5.26 Å². The lowest BCUT2D eigenvalue weighted by molar-refractivity contribution is 0.991. The van der Waals surface area contributed by atoms with Crippen molar-refractivity contribution in [3.05, 3.63) is 35.4 Å². The molecule has 0 radical (unpaired) electrons. The molecule has 0 bridgehead atoms. The minimum Gasteiger partial charge on any atom is -0.192 e. The van der Waals surface area contributed by atoms with Crippen LogP contribution in [-0.2, 0) is 0 Å². The SMILES string of the molecule is N#Cc1ccc(C#CCCCCl)cc1. The molecule has 0 spiro atoms. The van der Waals surface area contributed by atoms with Crippen LogP contribution in [0, 0.1) is 23.2 Å². The first-order valence-corrected chi connectivity index (χ1v) is 4.95. The van der Waals surface area contributed by atoms with Crippen LogP contribution >= 0.6 is 11.6 Å². The third-order valence-electron chi connectivity index (χ3n) is 1.68. The largest absolute Gasteiger partial charge is 0.192 e. The molecule has 0 unspecified atom stereocenters. The lowest BCUT2D eigenvalue weighted by Gasteiger charge is -1.89. The lowest BCUT2D eigenvalue weighted by atomic mass is 10.1. The van der Waals surface area contributed by atoms with Gasteiger partial charge in [0.05, 0.1) is 11.6 Å². The van der Waals surface area contributed by atoms with E-state index in [1.54, 1.807) is 12.1 Å². The molecule has 0 N–H and O–H groups in total. The molecule has 1 rings (SSSR count). The first-order valence-electron chi connectivity index (χ1n) is 4.42. The van der Waals surface area contributed by atoms with Gasteiger partial charge in [0.15, 0.2) is 0 Å². The zero-order chi connectivity index (χ0) is 10.2. The van der Waals surface area contributed by atoms with E-state index in [9.17, 15) is 0 Å². The Kier molecular flexibility index (Phi) is 4.62. The van der Waals surface area contributed by atoms with E-state index >= 15 is 0 Å². The fourth-order valence-electron chi connectivity index (χ4n) is 0.948. The van der Waals surface area contributed by atoms with E-state index < -0.39 is 0 Å². The Morgan fingerprint density at radius 3 is 2.36 bits per heavy atom. The van der Waals surface area contributed by atoms with Crippen molar-refractivity contribution >= 4 is 11.6 Å². The van der Waals surface area contributed by atoms with Gasteiger partial charge in [-0.25, -0.2) is 0 Å². The summed E-state index contributed by atoms with van der Waals surface area (Å²) in [6, 6.07) is 9.31. The number of nitrogens with zero attached hydrogens (tertiary/aromatic N) is 1. The number of halogens is 1. The molecule has 0 saturated heterocycles. The summed E-state index contributed by atoms with van der Waals surface area (Å²) in [6.07, 6.45) is 1.74. The Morgan fingerprint density at radius 2 is 1.79 bits per heavy atom. The zero-order valence-electron chi connectivity index (χ0n) is 7.76. The number of alkyl halides is 1. The van der Waals surface area contributed by atoms with Gasteiger partial charge in [-0.1, -0.05) is 11.8 Å². The molecule has 0 amide bonds. The highest BCUT2D eigenvalue weighted by molar-refractivity contribution is 6.17. The lowest BCUT2D eigenvalue weighted by Crippen LogP contribution is -1.77. The quantitative estimate of drug-likeness (QED) is 0.412. The molecule has 1 nitrogen and oxygen atoms in total. The minimum atomic E-state index is 0.655. The van der Waals surface area contributed by atoms with Crippen LogP contribution in [0.3, 0.4) is 0 Å². The van der Waals surface area contributed by atoms with Crippen molar-refractivity contribution < 1.29 is 0 Å². The van der Waals surface area contributed by atoms with Crippen molar-refractivity contribution in [2.24, 2.45) is 0 Å². The molecule has 0 aliphatic heterocycles. The summed E-state index contributed by atoms with van der Waals surface area (Å²) in [4.78, 5) is 0. The molecule has 1 aromatic rings. The Hall–Kier alpha value is -1.44. The van der Waals surface area contributed by atoms with E-state index in [0.29, 0.717) is 11.4 Å². The van der Waals surface area contributed by atoms with Gasteiger partial charge in [0.25, 0.3) is 0 Å². The molecule has 0 aliphatic rings. The van der Waals surface area contributed by atoms with Gasteiger partial charge in [-0.3, -0.25) is 0 Å². The summed E-state index contributed by atoms with van der Waals surface area (Å²) in [5.41, 5.74) is 1.61. The normalized spacial score (nSPS) is 8.57. The van der Waals surface area contributed by atoms with Crippen LogP contribution in [0.1, 0.15) is 24.0 Å². The van der Waals surface area contributed by atoms with E-state index in [1.165, 1.54) is 0 Å². The maximum atomic E-state index is 8.57. The standard InChI is InChI=1S/C12H10ClN/c13-9-3-1-2-4-11-5-7-12(10-14)8-6-11/h5-8H,1,3,9H2. The molecule has 70 valence electrons. The average molecular weight is 204 g/mol. The molecule has 1 aromatic carbocycles. The predicted molar refractivity (Wildman–Crippen MR) is 58.0 cm³/mol. The molecular formula is C12H10ClN. The number of rotatable bonds is 2. The molecule has 0 atom stereocenters. The van der Waals surface area contributed by atoms with Gasteiger partial charge in [-0.05, 0) is 30.7 Å². The Morgan fingerprint density at radius 1 is 1.14 bits per heavy atom. The van der Waals surface area contributed by atoms with Gasteiger partial charge in [0, 0.05) is 17.9 Å². The number of nitriles is 1. The van der Waals surface area contributed by atoms with Crippen molar-refractivity contribution in [3.8, 4) is 17.9 Å². The summed E-state index contributed by atoms with van der Waals surface area (Å²) >= 11 is 5.52. The Bertz CT molecular complexity index is 376. The van der Waals surface area contributed by atoms with Crippen LogP contribution in [0.15, 0.2) is 24.3 Å². The number of benzene rings is 1. The van der Waals surface area contributed by atoms with Gasteiger partial charge < -0.3 is 0 Å². The summed E-state index contributed by atoms with van der Waals surface area (Å²) in [6.45, 7) is 0. The van der Waals surface area contributed by atoms with Gasteiger partial charge in [-0.15, -0.1) is 11.6 Å². The third kappa shape index (κ3) is 3.52. The third-order valence-corrected chi connectivity index (χ3v) is 1.95. The molecule has 0 saturated carbocycles. The van der Waals surface area contributed by atoms with Gasteiger partial charge in [0.1, 0.15) is 0 Å². The summed E-state index contributed by atoms with van der Waals surface area (Å²) in [5.74, 6) is 6.69. The predicted octanol–water partition coefficient (Wildman–Crippen LogP) is 2.93. The number of hydrogen-bond donors (Lipinski definition) is 0. The van der Waals surface area contributed by atoms with E-state index in [-0.39, 0.29) is 0 Å². The molecule has 0 aromatic heterocycles. The fraction of sp³-hybridized carbons (Fsp3) is 0.250. The van der Waals surface area contributed by atoms with Gasteiger partial charge >= 0.3 is 0 Å². The summed E-state index contributed by atoms with van der Waals surface area (Å²) in [5, 5.41) is 8.57. The molecule has 14 heavy (non-hydrogen) atoms. The van der Waals surface area contributed by atoms with E-state index in [4.69, 9.17) is 16.9 Å². The van der Waals surface area contributed by atoms with Crippen molar-refractivity contribution in [2.75, 3.05) is 5.88 Å². The summed E-state index contributed by atoms with van der Waals surface area (Å²) < 4.78 is 0. The molecule has 0 fully saturated rings. The second kappa shape index (κ2) is 6.08. The zero-order valence-corrected chi connectivity index (χ0v) is 8.51. The molecule has 0 heterocycles. The van der Waals surface area contributed by atoms with Crippen LogP contribution in [0.2, 0.25) is 0 Å². The second-order valence-electron chi connectivity index (χ2n) is 2.78. The highest BCUT2D eigenvalue weighted by Crippen LogP contribution is 2.01. The van der Waals surface area contributed by atoms with Crippen molar-refractivity contribution in [3.63, 3.8) is 0 Å². The monoisotopic (exact) mass is 203 g/mol. The van der Waals surface area contributed by atoms with E-state index in [1.807, 2.05) is 12.1 Å². The molecule has 2 heteroatoms. The second-order valence-corrected chi connectivity index (χ2v) is 3.16. The fourth-order valence-corrected chi connectivity index (χ4v) is 1.08. The maximum absolute atomic E-state index is 8.57. The molecular weight excluding hydrogens is 194 g/mol. The van der Waals surface area contributed by atoms with Crippen LogP contribution in [0.4, 0.5) is 0 Å². The first kappa shape index (κ1) is 10.6. The van der Waals surface area contributed by atoms with Gasteiger partial charge in [0.2, 0.25) is 0 Å². The number of unbranched alkanes of at least 4 members (excludes halogenated alkanes) is 1. The first-order chi connectivity index (χ1) is 6.86. The maximum Gasteiger partial charge on any atom is 0.0991 e. The minimum absolute atomic E-state index is 0.655. The topological polar surface area (TPSA) is 23.8 Å². The Balaban J connectivity index is 2.59. The average Bonchev–Trinajstić information content (AvgIpc) is 2.25. The van der Waals surface area contributed by atoms with Crippen molar-refractivity contribution in [1.29, 1.82) is 5.26 Å². The highest BCUT2D eigenvalue weighted by atomic mass is 35.5.